The van der Waals surface area contributed by atoms with E-state index in [1.165, 1.54) is 6.92 Å². The van der Waals surface area contributed by atoms with E-state index in [0.717, 1.165) is 25.7 Å². The third-order valence-corrected chi connectivity index (χ3v) is 5.18. The number of rotatable bonds is 5. The largest absolute Gasteiger partial charge is 0.452 e. The molecular formula is C20H23N3O4. The first-order valence-electron chi connectivity index (χ1n) is 9.29. The highest BCUT2D eigenvalue weighted by molar-refractivity contribution is 5.96. The molecule has 2 aliphatic rings. The summed E-state index contributed by atoms with van der Waals surface area (Å²) in [6.45, 7) is 1.87. The minimum atomic E-state index is -0.987. The van der Waals surface area contributed by atoms with Crippen LogP contribution >= 0.6 is 0 Å². The molecule has 1 heterocycles. The number of nitrogens with one attached hydrogen (secondary N) is 1. The molecule has 1 aromatic rings. The van der Waals surface area contributed by atoms with Crippen LogP contribution in [0.25, 0.3) is 0 Å². The van der Waals surface area contributed by atoms with Crippen LogP contribution in [0.5, 0.6) is 0 Å². The Morgan fingerprint density at radius 1 is 1.33 bits per heavy atom. The van der Waals surface area contributed by atoms with Gasteiger partial charge in [0.15, 0.2) is 6.10 Å². The van der Waals surface area contributed by atoms with Gasteiger partial charge in [-0.15, -0.1) is 0 Å². The maximum absolute atomic E-state index is 12.4. The lowest BCUT2D eigenvalue weighted by Gasteiger charge is -2.24. The van der Waals surface area contributed by atoms with Crippen molar-refractivity contribution in [3.63, 3.8) is 0 Å². The first-order chi connectivity index (χ1) is 13.0. The Balaban J connectivity index is 1.53. The van der Waals surface area contributed by atoms with Gasteiger partial charge in [-0.2, -0.15) is 5.26 Å². The van der Waals surface area contributed by atoms with Crippen molar-refractivity contribution in [2.45, 2.75) is 51.2 Å². The molecule has 0 aromatic heterocycles. The van der Waals surface area contributed by atoms with Crippen molar-refractivity contribution < 1.29 is 19.1 Å². The summed E-state index contributed by atoms with van der Waals surface area (Å²) in [4.78, 5) is 38.7. The molecule has 1 aliphatic heterocycles. The monoisotopic (exact) mass is 369 g/mol. The minimum Gasteiger partial charge on any atom is -0.452 e. The van der Waals surface area contributed by atoms with E-state index in [1.807, 2.05) is 6.07 Å². The minimum absolute atomic E-state index is 0.00530. The van der Waals surface area contributed by atoms with Crippen molar-refractivity contribution in [1.29, 1.82) is 5.26 Å². The molecule has 7 nitrogen and oxygen atoms in total. The summed E-state index contributed by atoms with van der Waals surface area (Å²) in [5.41, 5.74) is 0.888. The first kappa shape index (κ1) is 18.9. The molecule has 0 bridgehead atoms. The molecule has 0 spiro atoms. The molecule has 1 N–H and O–H groups in total. The number of likely N-dealkylation sites (tertiary alicyclic amines) is 1. The molecule has 3 rings (SSSR count). The highest BCUT2D eigenvalue weighted by atomic mass is 16.5. The number of nitrogens with zero attached hydrogens (tertiary/aromatic N) is 2. The number of amides is 2. The van der Waals surface area contributed by atoms with Gasteiger partial charge in [0.1, 0.15) is 0 Å². The maximum atomic E-state index is 12.4. The summed E-state index contributed by atoms with van der Waals surface area (Å²) in [6.07, 6.45) is 3.39. The van der Waals surface area contributed by atoms with Crippen molar-refractivity contribution in [3.05, 3.63) is 29.8 Å². The van der Waals surface area contributed by atoms with Gasteiger partial charge in [0, 0.05) is 24.7 Å². The summed E-state index contributed by atoms with van der Waals surface area (Å²) >= 11 is 0. The maximum Gasteiger partial charge on any atom is 0.312 e. The van der Waals surface area contributed by atoms with Crippen LogP contribution in [0.2, 0.25) is 0 Å². The molecular weight excluding hydrogens is 346 g/mol. The fraction of sp³-hybridized carbons (Fsp3) is 0.500. The Kier molecular flexibility index (Phi) is 5.75. The average molecular weight is 369 g/mol. The number of hydrogen-bond donors (Lipinski definition) is 1. The third kappa shape index (κ3) is 4.45. The van der Waals surface area contributed by atoms with Gasteiger partial charge in [0.2, 0.25) is 5.91 Å². The van der Waals surface area contributed by atoms with E-state index >= 15 is 0 Å². The Hall–Kier alpha value is -2.88. The normalized spacial score (nSPS) is 21.0. The van der Waals surface area contributed by atoms with Gasteiger partial charge in [-0.05, 0) is 38.0 Å². The van der Waals surface area contributed by atoms with Gasteiger partial charge in [-0.3, -0.25) is 14.4 Å². The topological polar surface area (TPSA) is 99.5 Å². The number of esters is 1. The van der Waals surface area contributed by atoms with Gasteiger partial charge < -0.3 is 15.0 Å². The lowest BCUT2D eigenvalue weighted by molar-refractivity contribution is -0.157. The quantitative estimate of drug-likeness (QED) is 0.802. The Morgan fingerprint density at radius 3 is 2.78 bits per heavy atom. The molecule has 2 atom stereocenters. The van der Waals surface area contributed by atoms with Crippen LogP contribution < -0.4 is 5.32 Å². The molecule has 142 valence electrons. The summed E-state index contributed by atoms with van der Waals surface area (Å²) in [6, 6.07) is 8.73. The average Bonchev–Trinajstić information content (AvgIpc) is 3.31. The summed E-state index contributed by atoms with van der Waals surface area (Å²) < 4.78 is 5.29. The predicted octanol–water partition coefficient (Wildman–Crippen LogP) is 2.22. The summed E-state index contributed by atoms with van der Waals surface area (Å²) in [7, 11) is 0. The molecule has 27 heavy (non-hydrogen) atoms. The second kappa shape index (κ2) is 8.21. The van der Waals surface area contributed by atoms with Crippen molar-refractivity contribution >= 4 is 23.5 Å². The fourth-order valence-electron chi connectivity index (χ4n) is 3.69. The second-order valence-corrected chi connectivity index (χ2v) is 7.15. The summed E-state index contributed by atoms with van der Waals surface area (Å²) in [5, 5.41) is 11.5. The van der Waals surface area contributed by atoms with E-state index in [9.17, 15) is 14.4 Å². The van der Waals surface area contributed by atoms with Gasteiger partial charge in [-0.1, -0.05) is 18.9 Å². The molecule has 2 amide bonds. The van der Waals surface area contributed by atoms with Crippen molar-refractivity contribution in [2.75, 3.05) is 11.9 Å². The molecule has 1 aliphatic carbocycles. The van der Waals surface area contributed by atoms with E-state index < -0.39 is 23.9 Å². The number of hydrogen-bond acceptors (Lipinski definition) is 5. The standard InChI is InChI=1S/C20H23N3O4/c1-13(19(25)22-16-6-4-5-14(9-16)11-21)27-20(26)15-10-18(24)23(12-15)17-7-2-3-8-17/h4-6,9,13,15,17H,2-3,7-8,10,12H2,1H3,(H,22,25)/t13-,15-/m1/s1. The van der Waals surface area contributed by atoms with E-state index in [1.54, 1.807) is 29.2 Å². The van der Waals surface area contributed by atoms with Crippen LogP contribution in [0.4, 0.5) is 5.69 Å². The number of ether oxygens (including phenoxy) is 1. The number of carbonyl (C=O) groups is 3. The van der Waals surface area contributed by atoms with Crippen molar-refractivity contribution in [2.24, 2.45) is 5.92 Å². The van der Waals surface area contributed by atoms with Crippen molar-refractivity contribution in [1.82, 2.24) is 4.90 Å². The van der Waals surface area contributed by atoms with Gasteiger partial charge in [0.05, 0.1) is 17.6 Å². The number of nitriles is 1. The zero-order valence-electron chi connectivity index (χ0n) is 15.3. The lowest BCUT2D eigenvalue weighted by atomic mass is 10.1. The van der Waals surface area contributed by atoms with E-state index in [4.69, 9.17) is 10.00 Å². The SMILES string of the molecule is C[C@@H](OC(=O)[C@@H]1CC(=O)N(C2CCCC2)C1)C(=O)Nc1cccc(C#N)c1. The van der Waals surface area contributed by atoms with Gasteiger partial charge >= 0.3 is 5.97 Å². The molecule has 1 aromatic carbocycles. The van der Waals surface area contributed by atoms with Gasteiger partial charge in [0.25, 0.3) is 5.91 Å². The molecule has 1 saturated heterocycles. The van der Waals surface area contributed by atoms with E-state index in [2.05, 4.69) is 5.32 Å². The fourth-order valence-corrected chi connectivity index (χ4v) is 3.69. The number of anilines is 1. The third-order valence-electron chi connectivity index (χ3n) is 5.18. The highest BCUT2D eigenvalue weighted by Crippen LogP contribution is 2.30. The lowest BCUT2D eigenvalue weighted by Crippen LogP contribution is -2.36. The van der Waals surface area contributed by atoms with Crippen LogP contribution in [0, 0.1) is 17.2 Å². The van der Waals surface area contributed by atoms with Gasteiger partial charge in [-0.25, -0.2) is 0 Å². The zero-order valence-corrected chi connectivity index (χ0v) is 15.3. The molecule has 7 heteroatoms. The van der Waals surface area contributed by atoms with Crippen LogP contribution in [-0.4, -0.2) is 41.4 Å². The number of carbonyl (C=O) groups excluding carboxylic acids is 3. The molecule has 1 saturated carbocycles. The van der Waals surface area contributed by atoms with Crippen LogP contribution in [0.1, 0.15) is 44.6 Å². The van der Waals surface area contributed by atoms with Crippen LogP contribution in [0.3, 0.4) is 0 Å². The van der Waals surface area contributed by atoms with Crippen molar-refractivity contribution in [3.8, 4) is 6.07 Å². The Morgan fingerprint density at radius 2 is 2.07 bits per heavy atom. The molecule has 0 unspecified atom stereocenters. The zero-order chi connectivity index (χ0) is 19.4. The second-order valence-electron chi connectivity index (χ2n) is 7.15. The van der Waals surface area contributed by atoms with E-state index in [-0.39, 0.29) is 18.4 Å². The molecule has 0 radical (unpaired) electrons. The highest BCUT2D eigenvalue weighted by Gasteiger charge is 2.40. The first-order valence-corrected chi connectivity index (χ1v) is 9.29. The Labute approximate surface area is 158 Å². The summed E-state index contributed by atoms with van der Waals surface area (Å²) in [5.74, 6) is -1.52. The van der Waals surface area contributed by atoms with Crippen LogP contribution in [-0.2, 0) is 19.1 Å². The number of benzene rings is 1. The van der Waals surface area contributed by atoms with E-state index in [0.29, 0.717) is 17.8 Å². The molecule has 2 fully saturated rings. The van der Waals surface area contributed by atoms with Crippen LogP contribution in [0.15, 0.2) is 24.3 Å². The Bertz CT molecular complexity index is 780. The smallest absolute Gasteiger partial charge is 0.312 e. The predicted molar refractivity (Wildman–Crippen MR) is 97.4 cm³/mol.